The Morgan fingerprint density at radius 2 is 1.36 bits per heavy atom. The van der Waals surface area contributed by atoms with Gasteiger partial charge in [0.25, 0.3) is 0 Å². The van der Waals surface area contributed by atoms with Crippen LogP contribution in [0.1, 0.15) is 109 Å². The zero-order valence-corrected chi connectivity index (χ0v) is 18.0. The van der Waals surface area contributed by atoms with E-state index < -0.39 is 10.0 Å². The lowest BCUT2D eigenvalue weighted by Gasteiger charge is -2.23. The first-order valence-corrected chi connectivity index (χ1v) is 11.3. The molecule has 0 amide bonds. The standard InChI is InChI=1S/C21H37NO2S/c1-8-9-10-11-12-22-25(23,24)21-19(16(4)5)13-18(15(2)3)14-20(21)17(6)7/h13-17,22H,8-12H2,1-7H3. The molecule has 4 heteroatoms. The molecule has 0 aliphatic carbocycles. The molecule has 0 aromatic heterocycles. The number of hydrogen-bond acceptors (Lipinski definition) is 2. The normalized spacial score (nSPS) is 12.6. The summed E-state index contributed by atoms with van der Waals surface area (Å²) in [5, 5.41) is 0. The fourth-order valence-electron chi connectivity index (χ4n) is 3.03. The molecule has 1 rings (SSSR count). The van der Waals surface area contributed by atoms with Crippen molar-refractivity contribution >= 4 is 10.0 Å². The lowest BCUT2D eigenvalue weighted by atomic mass is 9.89. The second-order valence-electron chi connectivity index (χ2n) is 7.95. The Morgan fingerprint density at radius 1 is 0.840 bits per heavy atom. The molecule has 0 bridgehead atoms. The topological polar surface area (TPSA) is 46.2 Å². The van der Waals surface area contributed by atoms with Gasteiger partial charge in [-0.25, -0.2) is 13.1 Å². The van der Waals surface area contributed by atoms with Crippen LogP contribution in [0, 0.1) is 0 Å². The highest BCUT2D eigenvalue weighted by molar-refractivity contribution is 7.89. The summed E-state index contributed by atoms with van der Waals surface area (Å²) in [6.45, 7) is 15.3. The van der Waals surface area contributed by atoms with Crippen molar-refractivity contribution in [2.75, 3.05) is 6.54 Å². The van der Waals surface area contributed by atoms with Gasteiger partial charge < -0.3 is 0 Å². The molecular weight excluding hydrogens is 330 g/mol. The summed E-state index contributed by atoms with van der Waals surface area (Å²) >= 11 is 0. The molecule has 1 N–H and O–H groups in total. The molecule has 0 heterocycles. The molecule has 144 valence electrons. The molecule has 1 aromatic rings. The molecule has 0 aliphatic rings. The Kier molecular flexibility index (Phi) is 8.62. The summed E-state index contributed by atoms with van der Waals surface area (Å²) in [4.78, 5) is 0.511. The molecule has 0 unspecified atom stereocenters. The Hall–Kier alpha value is -0.870. The highest BCUT2D eigenvalue weighted by Crippen LogP contribution is 2.34. The lowest BCUT2D eigenvalue weighted by molar-refractivity contribution is 0.568. The maximum atomic E-state index is 13.1. The van der Waals surface area contributed by atoms with Crippen LogP contribution in [0.5, 0.6) is 0 Å². The van der Waals surface area contributed by atoms with Gasteiger partial charge in [-0.3, -0.25) is 0 Å². The smallest absolute Gasteiger partial charge is 0.211 e. The molecule has 0 aliphatic heterocycles. The van der Waals surface area contributed by atoms with Crippen LogP contribution in [0.4, 0.5) is 0 Å². The van der Waals surface area contributed by atoms with E-state index in [1.807, 2.05) is 0 Å². The summed E-state index contributed by atoms with van der Waals surface area (Å²) in [5.41, 5.74) is 3.10. The van der Waals surface area contributed by atoms with E-state index in [9.17, 15) is 8.42 Å². The van der Waals surface area contributed by atoms with E-state index in [-0.39, 0.29) is 11.8 Å². The van der Waals surface area contributed by atoms with Crippen molar-refractivity contribution in [1.29, 1.82) is 0 Å². The summed E-state index contributed by atoms with van der Waals surface area (Å²) in [6.07, 6.45) is 4.27. The average Bonchev–Trinajstić information content (AvgIpc) is 2.53. The van der Waals surface area contributed by atoms with E-state index in [2.05, 4.69) is 65.3 Å². The van der Waals surface area contributed by atoms with Gasteiger partial charge in [0, 0.05) is 6.54 Å². The molecule has 0 radical (unpaired) electrons. The number of sulfonamides is 1. The Bertz CT molecular complexity index is 617. The van der Waals surface area contributed by atoms with E-state index in [0.29, 0.717) is 17.4 Å². The third kappa shape index (κ3) is 6.10. The first-order chi connectivity index (χ1) is 11.6. The molecular formula is C21H37NO2S. The first-order valence-electron chi connectivity index (χ1n) is 9.79. The van der Waals surface area contributed by atoms with Crippen molar-refractivity contribution in [1.82, 2.24) is 4.72 Å². The van der Waals surface area contributed by atoms with Gasteiger partial charge in [0.2, 0.25) is 10.0 Å². The van der Waals surface area contributed by atoms with Crippen molar-refractivity contribution in [3.8, 4) is 0 Å². The van der Waals surface area contributed by atoms with Crippen molar-refractivity contribution in [2.45, 2.75) is 96.8 Å². The number of hydrogen-bond donors (Lipinski definition) is 1. The number of unbranched alkanes of at least 4 members (excludes halogenated alkanes) is 3. The maximum Gasteiger partial charge on any atom is 0.241 e. The van der Waals surface area contributed by atoms with E-state index in [0.717, 1.165) is 36.8 Å². The summed E-state index contributed by atoms with van der Waals surface area (Å²) in [7, 11) is -3.49. The predicted octanol–water partition coefficient (Wildman–Crippen LogP) is 5.92. The highest BCUT2D eigenvalue weighted by Gasteiger charge is 2.26. The monoisotopic (exact) mass is 367 g/mol. The van der Waals surface area contributed by atoms with Crippen molar-refractivity contribution in [3.63, 3.8) is 0 Å². The summed E-state index contributed by atoms with van der Waals surface area (Å²) < 4.78 is 29.0. The minimum atomic E-state index is -3.49. The zero-order chi connectivity index (χ0) is 19.2. The summed E-state index contributed by atoms with van der Waals surface area (Å²) in [6, 6.07) is 4.18. The van der Waals surface area contributed by atoms with Gasteiger partial charge in [0.1, 0.15) is 0 Å². The van der Waals surface area contributed by atoms with E-state index in [1.165, 1.54) is 5.56 Å². The fourth-order valence-corrected chi connectivity index (χ4v) is 4.80. The minimum Gasteiger partial charge on any atom is -0.211 e. The third-order valence-electron chi connectivity index (χ3n) is 4.67. The van der Waals surface area contributed by atoms with Gasteiger partial charge in [0.15, 0.2) is 0 Å². The number of nitrogens with one attached hydrogen (secondary N) is 1. The van der Waals surface area contributed by atoms with Gasteiger partial charge in [-0.15, -0.1) is 0 Å². The van der Waals surface area contributed by atoms with Gasteiger partial charge in [0.05, 0.1) is 4.90 Å². The van der Waals surface area contributed by atoms with Crippen LogP contribution in [0.25, 0.3) is 0 Å². The van der Waals surface area contributed by atoms with Crippen LogP contribution in [0.15, 0.2) is 17.0 Å². The van der Waals surface area contributed by atoms with Crippen molar-refractivity contribution in [3.05, 3.63) is 28.8 Å². The van der Waals surface area contributed by atoms with Gasteiger partial charge in [-0.1, -0.05) is 79.9 Å². The largest absolute Gasteiger partial charge is 0.241 e. The summed E-state index contributed by atoms with van der Waals surface area (Å²) in [5.74, 6) is 0.722. The van der Waals surface area contributed by atoms with Crippen molar-refractivity contribution in [2.24, 2.45) is 0 Å². The maximum absolute atomic E-state index is 13.1. The predicted molar refractivity (Wildman–Crippen MR) is 108 cm³/mol. The Balaban J connectivity index is 3.30. The van der Waals surface area contributed by atoms with Crippen LogP contribution in [0.2, 0.25) is 0 Å². The Labute approximate surface area is 155 Å². The van der Waals surface area contributed by atoms with E-state index in [4.69, 9.17) is 0 Å². The molecule has 25 heavy (non-hydrogen) atoms. The van der Waals surface area contributed by atoms with Crippen LogP contribution < -0.4 is 4.72 Å². The van der Waals surface area contributed by atoms with Crippen LogP contribution in [-0.4, -0.2) is 15.0 Å². The molecule has 0 saturated heterocycles. The van der Waals surface area contributed by atoms with E-state index >= 15 is 0 Å². The van der Waals surface area contributed by atoms with Crippen LogP contribution in [-0.2, 0) is 10.0 Å². The number of rotatable bonds is 10. The minimum absolute atomic E-state index is 0.169. The first kappa shape index (κ1) is 22.2. The molecule has 0 atom stereocenters. The quantitative estimate of drug-likeness (QED) is 0.522. The SMILES string of the molecule is CCCCCCNS(=O)(=O)c1c(C(C)C)cc(C(C)C)cc1C(C)C. The van der Waals surface area contributed by atoms with Gasteiger partial charge in [-0.2, -0.15) is 0 Å². The van der Waals surface area contributed by atoms with Gasteiger partial charge >= 0.3 is 0 Å². The highest BCUT2D eigenvalue weighted by atomic mass is 32.2. The average molecular weight is 368 g/mol. The Morgan fingerprint density at radius 3 is 1.76 bits per heavy atom. The zero-order valence-electron chi connectivity index (χ0n) is 17.1. The second kappa shape index (κ2) is 9.72. The molecule has 0 fully saturated rings. The van der Waals surface area contributed by atoms with Crippen LogP contribution >= 0.6 is 0 Å². The molecule has 3 nitrogen and oxygen atoms in total. The number of benzene rings is 1. The van der Waals surface area contributed by atoms with Crippen LogP contribution in [0.3, 0.4) is 0 Å². The lowest BCUT2D eigenvalue weighted by Crippen LogP contribution is -2.27. The van der Waals surface area contributed by atoms with Gasteiger partial charge in [-0.05, 0) is 40.9 Å². The molecule has 0 spiro atoms. The molecule has 0 saturated carbocycles. The fraction of sp³-hybridized carbons (Fsp3) is 0.714. The molecule has 1 aromatic carbocycles. The van der Waals surface area contributed by atoms with E-state index in [1.54, 1.807) is 0 Å². The second-order valence-corrected chi connectivity index (χ2v) is 9.65. The third-order valence-corrected chi connectivity index (χ3v) is 6.26. The van der Waals surface area contributed by atoms with Crippen molar-refractivity contribution < 1.29 is 8.42 Å².